The number of nitrogens with zero attached hydrogens (tertiary/aromatic N) is 3. The van der Waals surface area contributed by atoms with Crippen molar-refractivity contribution in [3.8, 4) is 0 Å². The molecule has 0 atom stereocenters. The van der Waals surface area contributed by atoms with E-state index in [2.05, 4.69) is 44.7 Å². The molecule has 4 rings (SSSR count). The van der Waals surface area contributed by atoms with Crippen molar-refractivity contribution in [2.45, 2.75) is 17.0 Å². The maximum atomic E-state index is 12.6. The Hall–Kier alpha value is -2.35. The van der Waals surface area contributed by atoms with Crippen molar-refractivity contribution in [2.75, 3.05) is 43.4 Å². The average Bonchev–Trinajstić information content (AvgIpc) is 3.19. The van der Waals surface area contributed by atoms with E-state index >= 15 is 0 Å². The van der Waals surface area contributed by atoms with Gasteiger partial charge in [-0.25, -0.2) is 4.98 Å². The summed E-state index contributed by atoms with van der Waals surface area (Å²) < 4.78 is 1.08. The van der Waals surface area contributed by atoms with Crippen molar-refractivity contribution in [1.29, 1.82) is 0 Å². The second-order valence-electron chi connectivity index (χ2n) is 7.53. The molecule has 0 spiro atoms. The van der Waals surface area contributed by atoms with Gasteiger partial charge >= 0.3 is 0 Å². The lowest BCUT2D eigenvalue weighted by Crippen LogP contribution is -2.44. The number of anilines is 2. The maximum absolute atomic E-state index is 12.6. The van der Waals surface area contributed by atoms with Crippen LogP contribution in [0.4, 0.5) is 11.4 Å². The highest BCUT2D eigenvalue weighted by Crippen LogP contribution is 2.26. The molecular weight excluding hydrogens is 412 g/mol. The number of hydrogen-bond donors (Lipinski definition) is 1. The first-order chi connectivity index (χ1) is 14.6. The molecule has 1 aliphatic rings. The number of nitrogens with one attached hydrogen (secondary N) is 1. The number of thiazole rings is 1. The van der Waals surface area contributed by atoms with Gasteiger partial charge in [0.2, 0.25) is 0 Å². The molecule has 156 valence electrons. The smallest absolute Gasteiger partial charge is 0.255 e. The van der Waals surface area contributed by atoms with Crippen molar-refractivity contribution in [3.63, 3.8) is 0 Å². The molecule has 1 fully saturated rings. The molecule has 0 aliphatic carbocycles. The van der Waals surface area contributed by atoms with Gasteiger partial charge in [0.1, 0.15) is 4.34 Å². The monoisotopic (exact) mass is 438 g/mol. The highest BCUT2D eigenvalue weighted by atomic mass is 32.2. The molecule has 0 unspecified atom stereocenters. The Morgan fingerprint density at radius 2 is 1.77 bits per heavy atom. The quantitative estimate of drug-likeness (QED) is 0.563. The molecule has 5 nitrogen and oxygen atoms in total. The van der Waals surface area contributed by atoms with Gasteiger partial charge in [0.15, 0.2) is 0 Å². The van der Waals surface area contributed by atoms with Crippen LogP contribution >= 0.6 is 23.1 Å². The average molecular weight is 439 g/mol. The predicted octanol–water partition coefficient (Wildman–Crippen LogP) is 4.75. The summed E-state index contributed by atoms with van der Waals surface area (Å²) in [7, 11) is 2.16. The fourth-order valence-electron chi connectivity index (χ4n) is 3.32. The van der Waals surface area contributed by atoms with E-state index in [0.717, 1.165) is 47.7 Å². The minimum absolute atomic E-state index is 0.0860. The van der Waals surface area contributed by atoms with Crippen LogP contribution in [0.2, 0.25) is 0 Å². The summed E-state index contributed by atoms with van der Waals surface area (Å²) in [5.41, 5.74) is 4.93. The number of likely N-dealkylation sites (N-methyl/N-ethyl adjacent to an activating group) is 1. The van der Waals surface area contributed by atoms with Crippen molar-refractivity contribution < 1.29 is 4.79 Å². The zero-order valence-corrected chi connectivity index (χ0v) is 18.9. The van der Waals surface area contributed by atoms with Crippen LogP contribution in [0.1, 0.15) is 21.6 Å². The van der Waals surface area contributed by atoms with Gasteiger partial charge < -0.3 is 15.1 Å². The van der Waals surface area contributed by atoms with Crippen molar-refractivity contribution >= 4 is 40.4 Å². The third-order valence-electron chi connectivity index (χ3n) is 5.17. The molecule has 2 heterocycles. The number of piperazine rings is 1. The van der Waals surface area contributed by atoms with Gasteiger partial charge in [0, 0.05) is 59.9 Å². The number of amides is 1. The molecule has 7 heteroatoms. The van der Waals surface area contributed by atoms with Crippen molar-refractivity contribution in [3.05, 3.63) is 70.7 Å². The number of carbonyl (C=O) groups is 1. The molecule has 0 radical (unpaired) electrons. The molecule has 1 aromatic heterocycles. The van der Waals surface area contributed by atoms with Crippen LogP contribution in [0.15, 0.2) is 58.3 Å². The second-order valence-corrected chi connectivity index (χ2v) is 9.61. The Morgan fingerprint density at radius 3 is 2.40 bits per heavy atom. The molecule has 0 bridgehead atoms. The molecule has 1 aliphatic heterocycles. The molecule has 3 aromatic rings. The van der Waals surface area contributed by atoms with E-state index in [-0.39, 0.29) is 5.91 Å². The fraction of sp³-hybridized carbons (Fsp3) is 0.304. The topological polar surface area (TPSA) is 48.5 Å². The molecule has 1 saturated heterocycles. The first-order valence-corrected chi connectivity index (χ1v) is 11.9. The zero-order valence-electron chi connectivity index (χ0n) is 17.3. The normalized spacial score (nSPS) is 14.7. The van der Waals surface area contributed by atoms with Crippen LogP contribution in [-0.4, -0.2) is 49.0 Å². The lowest BCUT2D eigenvalue weighted by atomic mass is 10.1. The van der Waals surface area contributed by atoms with Gasteiger partial charge in [-0.1, -0.05) is 23.9 Å². The van der Waals surface area contributed by atoms with E-state index in [1.807, 2.05) is 43.3 Å². The number of carbonyl (C=O) groups excluding carboxylic acids is 1. The Labute approximate surface area is 186 Å². The van der Waals surface area contributed by atoms with Gasteiger partial charge in [-0.15, -0.1) is 11.3 Å². The van der Waals surface area contributed by atoms with Crippen LogP contribution in [0.5, 0.6) is 0 Å². The predicted molar refractivity (Wildman–Crippen MR) is 127 cm³/mol. The molecule has 1 amide bonds. The highest BCUT2D eigenvalue weighted by molar-refractivity contribution is 8.00. The number of benzene rings is 2. The molecule has 0 saturated carbocycles. The summed E-state index contributed by atoms with van der Waals surface area (Å²) in [6.07, 6.45) is 0. The lowest BCUT2D eigenvalue weighted by Gasteiger charge is -2.34. The van der Waals surface area contributed by atoms with E-state index < -0.39 is 0 Å². The summed E-state index contributed by atoms with van der Waals surface area (Å²) in [5.74, 6) is 0.764. The Bertz CT molecular complexity index is 977. The largest absolute Gasteiger partial charge is 0.369 e. The summed E-state index contributed by atoms with van der Waals surface area (Å²) in [6.45, 7) is 6.24. The first kappa shape index (κ1) is 20.9. The van der Waals surface area contributed by atoms with Crippen LogP contribution < -0.4 is 10.2 Å². The van der Waals surface area contributed by atoms with E-state index in [0.29, 0.717) is 5.56 Å². The minimum Gasteiger partial charge on any atom is -0.369 e. The summed E-state index contributed by atoms with van der Waals surface area (Å²) in [6, 6.07) is 15.9. The first-order valence-electron chi connectivity index (χ1n) is 10.1. The van der Waals surface area contributed by atoms with E-state index in [4.69, 9.17) is 0 Å². The van der Waals surface area contributed by atoms with Crippen LogP contribution in [0.3, 0.4) is 0 Å². The van der Waals surface area contributed by atoms with Gasteiger partial charge in [-0.3, -0.25) is 4.79 Å². The Morgan fingerprint density at radius 1 is 1.07 bits per heavy atom. The van der Waals surface area contributed by atoms with Crippen LogP contribution in [-0.2, 0) is 5.75 Å². The minimum atomic E-state index is -0.0860. The van der Waals surface area contributed by atoms with Crippen LogP contribution in [0, 0.1) is 6.92 Å². The van der Waals surface area contributed by atoms with E-state index in [9.17, 15) is 4.79 Å². The fourth-order valence-corrected chi connectivity index (χ4v) is 5.12. The maximum Gasteiger partial charge on any atom is 0.255 e. The Balaban J connectivity index is 1.31. The third-order valence-corrected chi connectivity index (χ3v) is 7.38. The Kier molecular flexibility index (Phi) is 6.72. The van der Waals surface area contributed by atoms with Gasteiger partial charge in [0.25, 0.3) is 5.91 Å². The van der Waals surface area contributed by atoms with Gasteiger partial charge in [-0.2, -0.15) is 0 Å². The lowest BCUT2D eigenvalue weighted by molar-refractivity contribution is 0.102. The molecule has 2 aromatic carbocycles. The van der Waals surface area contributed by atoms with Crippen molar-refractivity contribution in [2.24, 2.45) is 0 Å². The number of hydrogen-bond acceptors (Lipinski definition) is 6. The third kappa shape index (κ3) is 5.41. The SMILES string of the molecule is Cc1csc(SCc2ccc(C(=O)Nc3ccc(N4CCN(C)CC4)cc3)cc2)n1. The summed E-state index contributed by atoms with van der Waals surface area (Å²) in [5, 5.41) is 5.06. The molecule has 30 heavy (non-hydrogen) atoms. The van der Waals surface area contributed by atoms with Crippen molar-refractivity contribution in [1.82, 2.24) is 9.88 Å². The zero-order chi connectivity index (χ0) is 20.9. The number of thioether (sulfide) groups is 1. The van der Waals surface area contributed by atoms with Gasteiger partial charge in [-0.05, 0) is 55.9 Å². The number of aromatic nitrogens is 1. The summed E-state index contributed by atoms with van der Waals surface area (Å²) in [4.78, 5) is 21.8. The highest BCUT2D eigenvalue weighted by Gasteiger charge is 2.14. The molecular formula is C23H26N4OS2. The number of aryl methyl sites for hydroxylation is 1. The van der Waals surface area contributed by atoms with Gasteiger partial charge in [0.05, 0.1) is 0 Å². The second kappa shape index (κ2) is 9.64. The van der Waals surface area contributed by atoms with Crippen LogP contribution in [0.25, 0.3) is 0 Å². The van der Waals surface area contributed by atoms with E-state index in [1.54, 1.807) is 23.1 Å². The number of rotatable bonds is 6. The molecule has 1 N–H and O–H groups in total. The van der Waals surface area contributed by atoms with E-state index in [1.165, 1.54) is 11.3 Å². The standard InChI is InChI=1S/C23H26N4OS2/c1-17-15-29-23(24-17)30-16-18-3-5-19(6-4-18)22(28)25-20-7-9-21(10-8-20)27-13-11-26(2)12-14-27/h3-10,15H,11-14,16H2,1-2H3,(H,25,28). The summed E-state index contributed by atoms with van der Waals surface area (Å²) >= 11 is 3.40.